The predicted octanol–water partition coefficient (Wildman–Crippen LogP) is 7.37. The van der Waals surface area contributed by atoms with Gasteiger partial charge in [-0.15, -0.1) is 5.10 Å². The number of nitrogens with one attached hydrogen (secondary N) is 1. The van der Waals surface area contributed by atoms with Gasteiger partial charge in [0.15, 0.2) is 5.15 Å². The zero-order valence-electron chi connectivity index (χ0n) is 25.0. The molecule has 11 nitrogen and oxygen atoms in total. The number of imidazole rings is 1. The zero-order valence-corrected chi connectivity index (χ0v) is 27.5. The summed E-state index contributed by atoms with van der Waals surface area (Å²) in [5.74, 6) is 0.694. The van der Waals surface area contributed by atoms with E-state index in [1.807, 2.05) is 41.1 Å². The summed E-state index contributed by atoms with van der Waals surface area (Å²) in [7, 11) is -1.29. The second-order valence-electron chi connectivity index (χ2n) is 12.2. The molecule has 0 saturated heterocycles. The number of amides is 1. The van der Waals surface area contributed by atoms with Crippen LogP contribution in [0.25, 0.3) is 28.1 Å². The minimum atomic E-state index is -1.29. The van der Waals surface area contributed by atoms with Crippen molar-refractivity contribution in [2.24, 2.45) is 0 Å². The lowest BCUT2D eigenvalue weighted by Gasteiger charge is -2.19. The SMILES string of the molecule is C[Si](C)(C)CCOCn1c(C2CCc3cc(-c4cc(Cl)ccc4-n4cnnn4)cnc32)nc(Cl)c1-c1ccc(NC(=O)O)cc1. The molecule has 14 heteroatoms. The maximum Gasteiger partial charge on any atom is 0.409 e. The van der Waals surface area contributed by atoms with E-state index in [0.29, 0.717) is 22.5 Å². The molecular formula is C31H32Cl2N8O3Si. The van der Waals surface area contributed by atoms with Gasteiger partial charge in [-0.1, -0.05) is 55.0 Å². The van der Waals surface area contributed by atoms with Gasteiger partial charge in [0.25, 0.3) is 0 Å². The summed E-state index contributed by atoms with van der Waals surface area (Å²) in [5, 5.41) is 24.0. The molecule has 6 rings (SSSR count). The third-order valence-electron chi connectivity index (χ3n) is 7.79. The second-order valence-corrected chi connectivity index (χ2v) is 18.6. The van der Waals surface area contributed by atoms with Crippen LogP contribution in [0, 0.1) is 0 Å². The number of ether oxygens (including phenoxy) is 1. The molecule has 0 bridgehead atoms. The maximum absolute atomic E-state index is 11.1. The van der Waals surface area contributed by atoms with E-state index in [9.17, 15) is 4.79 Å². The number of carboxylic acid groups (broad SMARTS) is 1. The molecule has 1 aliphatic rings. The minimum absolute atomic E-state index is 0.0906. The van der Waals surface area contributed by atoms with Gasteiger partial charge >= 0.3 is 6.09 Å². The van der Waals surface area contributed by atoms with Gasteiger partial charge in [-0.25, -0.2) is 9.78 Å². The van der Waals surface area contributed by atoms with E-state index in [2.05, 4.69) is 46.5 Å². The number of pyridine rings is 1. The van der Waals surface area contributed by atoms with Gasteiger partial charge in [-0.3, -0.25) is 10.3 Å². The molecule has 2 aromatic carbocycles. The quantitative estimate of drug-likeness (QED) is 0.117. The van der Waals surface area contributed by atoms with Crippen LogP contribution in [0.15, 0.2) is 61.1 Å². The van der Waals surface area contributed by atoms with Crippen molar-refractivity contribution in [3.63, 3.8) is 0 Å². The molecule has 3 heterocycles. The molecule has 232 valence electrons. The Morgan fingerprint density at radius 2 is 1.91 bits per heavy atom. The van der Waals surface area contributed by atoms with Crippen molar-refractivity contribution in [2.75, 3.05) is 11.9 Å². The number of nitrogens with zero attached hydrogens (tertiary/aromatic N) is 7. The van der Waals surface area contributed by atoms with Crippen LogP contribution in [0.3, 0.4) is 0 Å². The summed E-state index contributed by atoms with van der Waals surface area (Å²) in [5.41, 5.74) is 6.64. The maximum atomic E-state index is 11.1. The van der Waals surface area contributed by atoms with Crippen LogP contribution in [-0.2, 0) is 17.9 Å². The van der Waals surface area contributed by atoms with Crippen molar-refractivity contribution in [3.8, 4) is 28.1 Å². The Kier molecular flexibility index (Phi) is 8.73. The monoisotopic (exact) mass is 662 g/mol. The van der Waals surface area contributed by atoms with Gasteiger partial charge in [-0.2, -0.15) is 4.68 Å². The van der Waals surface area contributed by atoms with Crippen molar-refractivity contribution < 1.29 is 14.6 Å². The average Bonchev–Trinajstić information content (AvgIpc) is 3.74. The average molecular weight is 664 g/mol. The normalized spacial score (nSPS) is 14.5. The summed E-state index contributed by atoms with van der Waals surface area (Å²) < 4.78 is 9.87. The van der Waals surface area contributed by atoms with Gasteiger partial charge in [-0.05, 0) is 71.3 Å². The zero-order chi connectivity index (χ0) is 31.7. The third kappa shape index (κ3) is 6.78. The second kappa shape index (κ2) is 12.7. The van der Waals surface area contributed by atoms with Crippen LogP contribution in [0.5, 0.6) is 0 Å². The van der Waals surface area contributed by atoms with Crippen LogP contribution >= 0.6 is 23.2 Å². The molecule has 45 heavy (non-hydrogen) atoms. The summed E-state index contributed by atoms with van der Waals surface area (Å²) >= 11 is 13.2. The highest BCUT2D eigenvalue weighted by Gasteiger charge is 2.32. The smallest absolute Gasteiger partial charge is 0.409 e. The molecule has 0 fully saturated rings. The predicted molar refractivity (Wildman–Crippen MR) is 176 cm³/mol. The Labute approximate surface area is 271 Å². The summed E-state index contributed by atoms with van der Waals surface area (Å²) in [6.07, 6.45) is 3.90. The molecule has 2 N–H and O–H groups in total. The van der Waals surface area contributed by atoms with Gasteiger partial charge in [0.2, 0.25) is 0 Å². The Bertz CT molecular complexity index is 1840. The molecule has 0 aliphatic heterocycles. The topological polar surface area (TPSA) is 133 Å². The van der Waals surface area contributed by atoms with E-state index in [1.54, 1.807) is 23.1 Å². The molecule has 1 aliphatic carbocycles. The van der Waals surface area contributed by atoms with Crippen LogP contribution in [0.1, 0.15) is 29.4 Å². The number of hydrogen-bond acceptors (Lipinski definition) is 7. The molecule has 0 radical (unpaired) electrons. The number of benzene rings is 2. The van der Waals surface area contributed by atoms with Gasteiger partial charge in [0, 0.05) is 48.3 Å². The third-order valence-corrected chi connectivity index (χ3v) is 9.99. The number of anilines is 1. The van der Waals surface area contributed by atoms with E-state index in [1.165, 1.54) is 0 Å². The molecule has 3 aromatic heterocycles. The standard InChI is InChI=1S/C31H32Cl2N8O3Si/c1-45(2,3)13-12-44-18-40-28(19-4-8-23(9-5-19)36-31(42)43)29(33)37-30(40)24-10-6-20-14-21(16-34-27(20)24)25-15-22(32)7-11-26(25)41-17-35-38-39-41/h4-5,7-9,11,14-17,24,36H,6,10,12-13,18H2,1-3H3,(H,42,43). The Hall–Kier alpha value is -4.10. The summed E-state index contributed by atoms with van der Waals surface area (Å²) in [6.45, 7) is 7.87. The number of hydrogen-bond donors (Lipinski definition) is 2. The first kappa shape index (κ1) is 30.9. The number of carbonyl (C=O) groups is 1. The van der Waals surface area contributed by atoms with Crippen molar-refractivity contribution in [3.05, 3.63) is 88.3 Å². The summed E-state index contributed by atoms with van der Waals surface area (Å²) in [6, 6.07) is 15.8. The van der Waals surface area contributed by atoms with E-state index < -0.39 is 14.2 Å². The fourth-order valence-electron chi connectivity index (χ4n) is 5.56. The first-order chi connectivity index (χ1) is 21.6. The summed E-state index contributed by atoms with van der Waals surface area (Å²) in [4.78, 5) is 20.9. The van der Waals surface area contributed by atoms with Crippen molar-refractivity contribution >= 4 is 43.1 Å². The molecule has 0 spiro atoms. The highest BCUT2D eigenvalue weighted by Crippen LogP contribution is 2.42. The fraction of sp³-hybridized carbons (Fsp3) is 0.290. The number of fused-ring (bicyclic) bond motifs is 1. The molecule has 1 atom stereocenters. The first-order valence-corrected chi connectivity index (χ1v) is 19.0. The van der Waals surface area contributed by atoms with Crippen molar-refractivity contribution in [2.45, 2.75) is 51.2 Å². The molecule has 1 amide bonds. The van der Waals surface area contributed by atoms with E-state index in [0.717, 1.165) is 64.0 Å². The van der Waals surface area contributed by atoms with Crippen LogP contribution in [0.2, 0.25) is 35.9 Å². The fourth-order valence-corrected chi connectivity index (χ4v) is 6.79. The highest BCUT2D eigenvalue weighted by atomic mass is 35.5. The van der Waals surface area contributed by atoms with Gasteiger partial charge in [0.1, 0.15) is 18.9 Å². The number of aromatic nitrogens is 7. The number of rotatable bonds is 10. The largest absolute Gasteiger partial charge is 0.465 e. The van der Waals surface area contributed by atoms with Crippen molar-refractivity contribution in [1.82, 2.24) is 34.7 Å². The van der Waals surface area contributed by atoms with Crippen molar-refractivity contribution in [1.29, 1.82) is 0 Å². The number of halogens is 2. The van der Waals surface area contributed by atoms with E-state index in [-0.39, 0.29) is 12.6 Å². The van der Waals surface area contributed by atoms with Crippen LogP contribution < -0.4 is 5.32 Å². The lowest BCUT2D eigenvalue weighted by molar-refractivity contribution is 0.0857. The highest BCUT2D eigenvalue weighted by molar-refractivity contribution is 6.76. The number of tetrazole rings is 1. The molecule has 0 saturated carbocycles. The van der Waals surface area contributed by atoms with Gasteiger partial charge in [0.05, 0.1) is 23.0 Å². The Morgan fingerprint density at radius 3 is 2.62 bits per heavy atom. The van der Waals surface area contributed by atoms with Crippen LogP contribution in [-0.4, -0.2) is 60.6 Å². The Balaban J connectivity index is 1.36. The number of aryl methyl sites for hydroxylation is 1. The van der Waals surface area contributed by atoms with E-state index >= 15 is 0 Å². The first-order valence-electron chi connectivity index (χ1n) is 14.5. The van der Waals surface area contributed by atoms with E-state index in [4.69, 9.17) is 43.0 Å². The lowest BCUT2D eigenvalue weighted by Crippen LogP contribution is -2.22. The molecular weight excluding hydrogens is 631 g/mol. The molecule has 5 aromatic rings. The molecule has 1 unspecified atom stereocenters. The van der Waals surface area contributed by atoms with Crippen LogP contribution in [0.4, 0.5) is 10.5 Å². The van der Waals surface area contributed by atoms with Gasteiger partial charge < -0.3 is 14.4 Å². The lowest BCUT2D eigenvalue weighted by atomic mass is 10.0. The minimum Gasteiger partial charge on any atom is -0.465 e. The Morgan fingerprint density at radius 1 is 1.11 bits per heavy atom.